The van der Waals surface area contributed by atoms with Gasteiger partial charge in [-0.15, -0.1) is 0 Å². The van der Waals surface area contributed by atoms with Gasteiger partial charge in [0.25, 0.3) is 0 Å². The van der Waals surface area contributed by atoms with Crippen LogP contribution in [0.5, 0.6) is 5.75 Å². The van der Waals surface area contributed by atoms with Crippen molar-refractivity contribution in [2.24, 2.45) is 0 Å². The third-order valence-electron chi connectivity index (χ3n) is 6.79. The maximum atomic E-state index is 14.0. The van der Waals surface area contributed by atoms with Crippen LogP contribution in [0.2, 0.25) is 0 Å². The van der Waals surface area contributed by atoms with Gasteiger partial charge >= 0.3 is 13.7 Å². The normalized spacial score (nSPS) is 15.2. The highest BCUT2D eigenvalue weighted by Crippen LogP contribution is 2.46. The molecule has 3 heterocycles. The molecular weight excluding hydrogens is 587 g/mol. The zero-order chi connectivity index (χ0) is 31.9. The number of hydrogen-bond donors (Lipinski definition) is 3. The van der Waals surface area contributed by atoms with E-state index in [2.05, 4.69) is 15.1 Å². The lowest BCUT2D eigenvalue weighted by Gasteiger charge is -2.33. The molecule has 238 valence electrons. The number of ether oxygens (including phenoxy) is 2. The summed E-state index contributed by atoms with van der Waals surface area (Å²) < 4.78 is 38.4. The lowest BCUT2D eigenvalue weighted by Crippen LogP contribution is -2.38. The molecule has 0 radical (unpaired) electrons. The van der Waals surface area contributed by atoms with Crippen LogP contribution < -0.4 is 15.3 Å². The summed E-state index contributed by atoms with van der Waals surface area (Å²) in [7, 11) is -4.17. The number of imidazole rings is 1. The summed E-state index contributed by atoms with van der Waals surface area (Å²) in [4.78, 5) is 25.7. The predicted molar refractivity (Wildman–Crippen MR) is 167 cm³/mol. The third kappa shape index (κ3) is 7.72. The van der Waals surface area contributed by atoms with Crippen molar-refractivity contribution in [1.29, 1.82) is 0 Å². The predicted octanol–water partition coefficient (Wildman–Crippen LogP) is 5.07. The molecule has 0 unspecified atom stereocenters. The zero-order valence-electron chi connectivity index (χ0n) is 25.7. The van der Waals surface area contributed by atoms with E-state index in [4.69, 9.17) is 29.2 Å². The monoisotopic (exact) mass is 628 g/mol. The summed E-state index contributed by atoms with van der Waals surface area (Å²) in [6, 6.07) is 9.50. The second-order valence-electron chi connectivity index (χ2n) is 10.6. The number of pyridine rings is 2. The number of aromatic nitrogens is 4. The molecule has 4 aromatic rings. The van der Waals surface area contributed by atoms with Gasteiger partial charge in [-0.05, 0) is 52.3 Å². The van der Waals surface area contributed by atoms with Gasteiger partial charge in [-0.2, -0.15) is 5.09 Å². The van der Waals surface area contributed by atoms with E-state index in [0.29, 0.717) is 41.8 Å². The number of esters is 1. The Morgan fingerprint density at radius 2 is 1.84 bits per heavy atom. The number of para-hydroxylation sites is 1. The van der Waals surface area contributed by atoms with Gasteiger partial charge < -0.3 is 24.8 Å². The van der Waals surface area contributed by atoms with E-state index in [-0.39, 0.29) is 37.3 Å². The smallest absolute Gasteiger partial charge is 0.459 e. The van der Waals surface area contributed by atoms with Gasteiger partial charge in [0.1, 0.15) is 35.5 Å². The molecule has 4 rings (SSSR count). The fourth-order valence-electron chi connectivity index (χ4n) is 4.92. The first-order valence-corrected chi connectivity index (χ1v) is 16.2. The molecule has 4 N–H and O–H groups in total. The Labute approximate surface area is 256 Å². The standard InChI is InChI=1S/C30H41N6O7P/c1-6-14-30(38,36-25(19-40-7-2)34-26-27(36)23-10-8-9-11-24(23)33-28(26)31)15-18-41-44(39,43-22-12-16-32-17-13-22)35-21(5)29(37)42-20(3)4/h8-13,16-17,20-21,38H,6-7,14-15,18-19H2,1-5H3,(H2,31,33)(H,35,39)/t21-,30-,44+/m0/s1. The van der Waals surface area contributed by atoms with E-state index in [1.165, 1.54) is 31.5 Å². The number of rotatable bonds is 16. The summed E-state index contributed by atoms with van der Waals surface area (Å²) in [6.45, 7) is 9.09. The maximum Gasteiger partial charge on any atom is 0.459 e. The minimum absolute atomic E-state index is 0.0157. The molecule has 0 bridgehead atoms. The van der Waals surface area contributed by atoms with Crippen molar-refractivity contribution < 1.29 is 33.0 Å². The van der Waals surface area contributed by atoms with Gasteiger partial charge in [0.15, 0.2) is 5.82 Å². The van der Waals surface area contributed by atoms with E-state index in [1.54, 1.807) is 18.4 Å². The number of fused-ring (bicyclic) bond motifs is 3. The van der Waals surface area contributed by atoms with Crippen LogP contribution in [0.15, 0.2) is 48.8 Å². The molecule has 0 aliphatic heterocycles. The number of nitrogens with zero attached hydrogens (tertiary/aromatic N) is 4. The van der Waals surface area contributed by atoms with Crippen molar-refractivity contribution >= 4 is 41.5 Å². The van der Waals surface area contributed by atoms with Crippen LogP contribution >= 0.6 is 7.75 Å². The molecule has 0 aliphatic rings. The molecule has 13 nitrogen and oxygen atoms in total. The molecule has 0 aliphatic carbocycles. The molecule has 0 fully saturated rings. The summed E-state index contributed by atoms with van der Waals surface area (Å²) in [5.74, 6) is 0.292. The molecule has 0 amide bonds. The summed E-state index contributed by atoms with van der Waals surface area (Å²) in [5.41, 5.74) is 6.49. The second-order valence-corrected chi connectivity index (χ2v) is 12.3. The quantitative estimate of drug-likeness (QED) is 0.111. The first kappa shape index (κ1) is 33.3. The Morgan fingerprint density at radius 3 is 2.52 bits per heavy atom. The lowest BCUT2D eigenvalue weighted by molar-refractivity contribution is -0.149. The number of benzene rings is 1. The summed E-state index contributed by atoms with van der Waals surface area (Å²) in [6.07, 6.45) is 3.48. The molecule has 44 heavy (non-hydrogen) atoms. The van der Waals surface area contributed by atoms with Crippen molar-refractivity contribution in [3.63, 3.8) is 0 Å². The molecule has 0 saturated heterocycles. The van der Waals surface area contributed by atoms with Crippen LogP contribution in [-0.4, -0.2) is 56.0 Å². The van der Waals surface area contributed by atoms with Crippen molar-refractivity contribution in [3.05, 3.63) is 54.6 Å². The molecule has 1 aromatic carbocycles. The van der Waals surface area contributed by atoms with Crippen LogP contribution in [-0.2, 0) is 35.7 Å². The van der Waals surface area contributed by atoms with E-state index >= 15 is 0 Å². The van der Waals surface area contributed by atoms with Crippen molar-refractivity contribution in [1.82, 2.24) is 24.6 Å². The first-order valence-electron chi connectivity index (χ1n) is 14.7. The van der Waals surface area contributed by atoms with Gasteiger partial charge in [0.2, 0.25) is 0 Å². The number of anilines is 1. The summed E-state index contributed by atoms with van der Waals surface area (Å²) >= 11 is 0. The Morgan fingerprint density at radius 1 is 1.11 bits per heavy atom. The average molecular weight is 629 g/mol. The van der Waals surface area contributed by atoms with Crippen molar-refractivity contribution in [3.8, 4) is 5.75 Å². The van der Waals surface area contributed by atoms with Gasteiger partial charge in [0.05, 0.1) is 23.7 Å². The highest BCUT2D eigenvalue weighted by atomic mass is 31.2. The number of hydrogen-bond acceptors (Lipinski definition) is 11. The van der Waals surface area contributed by atoms with E-state index < -0.39 is 25.5 Å². The molecule has 14 heteroatoms. The van der Waals surface area contributed by atoms with Gasteiger partial charge in [-0.25, -0.2) is 14.5 Å². The van der Waals surface area contributed by atoms with E-state index in [0.717, 1.165) is 5.39 Å². The SMILES string of the molecule is CCC[C@](O)(CCO[P@](=O)(N[C@@H](C)C(=O)OC(C)C)Oc1ccncc1)n1c(COCC)nc2c(N)nc3ccccc3c21. The first-order chi connectivity index (χ1) is 21.0. The highest BCUT2D eigenvalue weighted by Gasteiger charge is 2.37. The fourth-order valence-corrected chi connectivity index (χ4v) is 6.41. The second kappa shape index (κ2) is 14.4. The topological polar surface area (TPSA) is 173 Å². The number of carbonyl (C=O) groups excluding carboxylic acids is 1. The highest BCUT2D eigenvalue weighted by molar-refractivity contribution is 7.52. The van der Waals surface area contributed by atoms with Crippen LogP contribution in [0.1, 0.15) is 59.7 Å². The minimum atomic E-state index is -4.17. The zero-order valence-corrected chi connectivity index (χ0v) is 26.6. The van der Waals surface area contributed by atoms with E-state index in [1.807, 2.05) is 38.1 Å². The van der Waals surface area contributed by atoms with Crippen LogP contribution in [0, 0.1) is 0 Å². The summed E-state index contributed by atoms with van der Waals surface area (Å²) in [5, 5.41) is 15.8. The van der Waals surface area contributed by atoms with Crippen LogP contribution in [0.25, 0.3) is 21.9 Å². The third-order valence-corrected chi connectivity index (χ3v) is 8.46. The number of nitrogens with two attached hydrogens (primary N) is 1. The van der Waals surface area contributed by atoms with Crippen molar-refractivity contribution in [2.45, 2.75) is 78.4 Å². The number of aliphatic hydroxyl groups is 1. The van der Waals surface area contributed by atoms with Gasteiger partial charge in [-0.3, -0.25) is 18.9 Å². The van der Waals surface area contributed by atoms with Crippen LogP contribution in [0.3, 0.4) is 0 Å². The Hall–Kier alpha value is -3.61. The number of nitrogen functional groups attached to an aromatic ring is 1. The van der Waals surface area contributed by atoms with Gasteiger partial charge in [0, 0.05) is 30.8 Å². The fraction of sp³-hybridized carbons (Fsp3) is 0.467. The van der Waals surface area contributed by atoms with E-state index in [9.17, 15) is 14.5 Å². The van der Waals surface area contributed by atoms with Gasteiger partial charge in [-0.1, -0.05) is 31.5 Å². The lowest BCUT2D eigenvalue weighted by atomic mass is 10.0. The Balaban J connectivity index is 1.70. The van der Waals surface area contributed by atoms with Crippen molar-refractivity contribution in [2.75, 3.05) is 18.9 Å². The number of carbonyl (C=O) groups is 1. The number of nitrogens with one attached hydrogen (secondary N) is 1. The Bertz CT molecular complexity index is 1620. The molecule has 0 saturated carbocycles. The minimum Gasteiger partial charge on any atom is -0.462 e. The largest absolute Gasteiger partial charge is 0.462 e. The molecule has 3 aromatic heterocycles. The molecule has 0 spiro atoms. The molecular formula is C30H41N6O7P. The molecule has 3 atom stereocenters. The van der Waals surface area contributed by atoms with Crippen LogP contribution in [0.4, 0.5) is 5.82 Å². The Kier molecular flexibility index (Phi) is 10.9. The average Bonchev–Trinajstić information content (AvgIpc) is 3.37. The maximum absolute atomic E-state index is 14.0.